The zero-order chi connectivity index (χ0) is 13.8. The van der Waals surface area contributed by atoms with E-state index in [1.165, 1.54) is 0 Å². The van der Waals surface area contributed by atoms with Crippen LogP contribution in [0.5, 0.6) is 0 Å². The number of anilines is 1. The van der Waals surface area contributed by atoms with Gasteiger partial charge in [-0.25, -0.2) is 0 Å². The minimum atomic E-state index is -0.145. The molecule has 1 aliphatic heterocycles. The highest BCUT2D eigenvalue weighted by Crippen LogP contribution is 2.28. The summed E-state index contributed by atoms with van der Waals surface area (Å²) in [7, 11) is 0. The zero-order valence-corrected chi connectivity index (χ0v) is 11.1. The molecule has 0 radical (unpaired) electrons. The fourth-order valence-electron chi connectivity index (χ4n) is 2.28. The number of hydrogen-bond donors (Lipinski definition) is 1. The van der Waals surface area contributed by atoms with Gasteiger partial charge in [-0.3, -0.25) is 9.59 Å². The maximum absolute atomic E-state index is 12.0. The van der Waals surface area contributed by atoms with Crippen LogP contribution in [-0.2, 0) is 4.79 Å². The molecule has 0 aliphatic carbocycles. The van der Waals surface area contributed by atoms with Gasteiger partial charge in [-0.2, -0.15) is 0 Å². The van der Waals surface area contributed by atoms with E-state index in [9.17, 15) is 9.59 Å². The molecular formula is C15H18N2O2. The molecule has 1 N–H and O–H groups in total. The fourth-order valence-corrected chi connectivity index (χ4v) is 2.28. The maximum Gasteiger partial charge on any atom is 0.253 e. The summed E-state index contributed by atoms with van der Waals surface area (Å²) in [5.74, 6) is 0.0596. The molecule has 2 amide bonds. The van der Waals surface area contributed by atoms with E-state index < -0.39 is 0 Å². The summed E-state index contributed by atoms with van der Waals surface area (Å²) in [6.45, 7) is 6.77. The number of amides is 2. The van der Waals surface area contributed by atoms with Gasteiger partial charge in [0.2, 0.25) is 5.91 Å². The van der Waals surface area contributed by atoms with Gasteiger partial charge in [0.15, 0.2) is 0 Å². The second-order valence-corrected chi connectivity index (χ2v) is 4.58. The third-order valence-electron chi connectivity index (χ3n) is 3.27. The summed E-state index contributed by atoms with van der Waals surface area (Å²) in [6, 6.07) is 7.20. The molecule has 0 aromatic heterocycles. The highest BCUT2D eigenvalue weighted by atomic mass is 16.2. The van der Waals surface area contributed by atoms with Crippen molar-refractivity contribution >= 4 is 17.5 Å². The van der Waals surface area contributed by atoms with Crippen molar-refractivity contribution in [1.29, 1.82) is 0 Å². The number of nitrogens with zero attached hydrogens (tertiary/aromatic N) is 1. The minimum absolute atomic E-state index is 0.0432. The predicted molar refractivity (Wildman–Crippen MR) is 75.1 cm³/mol. The van der Waals surface area contributed by atoms with Gasteiger partial charge in [-0.05, 0) is 19.1 Å². The number of hydrogen-bond acceptors (Lipinski definition) is 2. The van der Waals surface area contributed by atoms with Gasteiger partial charge in [0.05, 0.1) is 11.3 Å². The summed E-state index contributed by atoms with van der Waals surface area (Å²) < 4.78 is 0. The van der Waals surface area contributed by atoms with E-state index in [-0.39, 0.29) is 17.7 Å². The molecule has 0 saturated carbocycles. The Morgan fingerprint density at radius 2 is 2.26 bits per heavy atom. The Balaban J connectivity index is 2.32. The standard InChI is InChI=1S/C15H18N2O2/c1-3-11-9-14(18)17(10-11)13-8-6-5-7-12(13)15(19)16-4-2/h3,5-8,11H,1,4,9-10H2,2H3,(H,16,19). The first-order valence-electron chi connectivity index (χ1n) is 6.47. The van der Waals surface area contributed by atoms with Crippen LogP contribution in [0.2, 0.25) is 0 Å². The van der Waals surface area contributed by atoms with Gasteiger partial charge in [0, 0.05) is 25.4 Å². The van der Waals surface area contributed by atoms with Crippen molar-refractivity contribution in [3.8, 4) is 0 Å². The molecule has 1 atom stereocenters. The lowest BCUT2D eigenvalue weighted by Crippen LogP contribution is -2.29. The Labute approximate surface area is 113 Å². The molecule has 0 spiro atoms. The van der Waals surface area contributed by atoms with Crippen molar-refractivity contribution in [2.75, 3.05) is 18.0 Å². The average molecular weight is 258 g/mol. The van der Waals surface area contributed by atoms with Gasteiger partial charge in [-0.1, -0.05) is 18.2 Å². The molecule has 1 saturated heterocycles. The van der Waals surface area contributed by atoms with Gasteiger partial charge < -0.3 is 10.2 Å². The van der Waals surface area contributed by atoms with Crippen molar-refractivity contribution in [3.63, 3.8) is 0 Å². The van der Waals surface area contributed by atoms with E-state index in [1.807, 2.05) is 19.1 Å². The number of para-hydroxylation sites is 1. The second kappa shape index (κ2) is 5.69. The third kappa shape index (κ3) is 2.67. The fraction of sp³-hybridized carbons (Fsp3) is 0.333. The lowest BCUT2D eigenvalue weighted by Gasteiger charge is -2.19. The molecule has 1 fully saturated rings. The van der Waals surface area contributed by atoms with Crippen LogP contribution in [0.25, 0.3) is 0 Å². The van der Waals surface area contributed by atoms with E-state index in [1.54, 1.807) is 23.1 Å². The van der Waals surface area contributed by atoms with Crippen LogP contribution in [0.1, 0.15) is 23.7 Å². The van der Waals surface area contributed by atoms with E-state index in [0.717, 1.165) is 0 Å². The van der Waals surface area contributed by atoms with E-state index >= 15 is 0 Å². The van der Waals surface area contributed by atoms with Crippen LogP contribution >= 0.6 is 0 Å². The Morgan fingerprint density at radius 3 is 2.89 bits per heavy atom. The number of carbonyl (C=O) groups excluding carboxylic acids is 2. The number of benzene rings is 1. The normalized spacial score (nSPS) is 18.5. The lowest BCUT2D eigenvalue weighted by atomic mass is 10.1. The molecule has 1 aliphatic rings. The average Bonchev–Trinajstić information content (AvgIpc) is 2.80. The number of rotatable bonds is 4. The van der Waals surface area contributed by atoms with Gasteiger partial charge in [0.1, 0.15) is 0 Å². The molecule has 2 rings (SSSR count). The summed E-state index contributed by atoms with van der Waals surface area (Å²) in [5, 5.41) is 2.77. The summed E-state index contributed by atoms with van der Waals surface area (Å²) in [6.07, 6.45) is 2.26. The van der Waals surface area contributed by atoms with Crippen LogP contribution in [0.15, 0.2) is 36.9 Å². The van der Waals surface area contributed by atoms with Crippen LogP contribution < -0.4 is 10.2 Å². The highest BCUT2D eigenvalue weighted by molar-refractivity contribution is 6.05. The number of carbonyl (C=O) groups is 2. The molecule has 1 aromatic rings. The summed E-state index contributed by atoms with van der Waals surface area (Å²) in [4.78, 5) is 25.7. The molecule has 4 nitrogen and oxygen atoms in total. The van der Waals surface area contributed by atoms with Gasteiger partial charge in [-0.15, -0.1) is 6.58 Å². The van der Waals surface area contributed by atoms with Crippen LogP contribution in [0.4, 0.5) is 5.69 Å². The van der Waals surface area contributed by atoms with Crippen molar-refractivity contribution in [2.45, 2.75) is 13.3 Å². The first-order chi connectivity index (χ1) is 9.17. The molecule has 1 heterocycles. The molecule has 4 heteroatoms. The van der Waals surface area contributed by atoms with Crippen LogP contribution in [0.3, 0.4) is 0 Å². The Morgan fingerprint density at radius 1 is 1.53 bits per heavy atom. The Hall–Kier alpha value is -2.10. The molecule has 19 heavy (non-hydrogen) atoms. The quantitative estimate of drug-likeness (QED) is 0.839. The Bertz CT molecular complexity index is 511. The zero-order valence-electron chi connectivity index (χ0n) is 11.1. The van der Waals surface area contributed by atoms with Crippen molar-refractivity contribution < 1.29 is 9.59 Å². The highest BCUT2D eigenvalue weighted by Gasteiger charge is 2.30. The molecule has 0 bridgehead atoms. The van der Waals surface area contributed by atoms with Gasteiger partial charge >= 0.3 is 0 Å². The molecule has 100 valence electrons. The molecule has 1 unspecified atom stereocenters. The summed E-state index contributed by atoms with van der Waals surface area (Å²) >= 11 is 0. The first kappa shape index (κ1) is 13.3. The lowest BCUT2D eigenvalue weighted by molar-refractivity contribution is -0.117. The van der Waals surface area contributed by atoms with E-state index in [4.69, 9.17) is 0 Å². The SMILES string of the molecule is C=CC1CC(=O)N(c2ccccc2C(=O)NCC)C1. The smallest absolute Gasteiger partial charge is 0.253 e. The van der Waals surface area contributed by atoms with E-state index in [0.29, 0.717) is 30.8 Å². The van der Waals surface area contributed by atoms with Crippen molar-refractivity contribution in [3.05, 3.63) is 42.5 Å². The largest absolute Gasteiger partial charge is 0.352 e. The van der Waals surface area contributed by atoms with Crippen LogP contribution in [0, 0.1) is 5.92 Å². The number of nitrogens with one attached hydrogen (secondary N) is 1. The second-order valence-electron chi connectivity index (χ2n) is 4.58. The molecular weight excluding hydrogens is 240 g/mol. The predicted octanol–water partition coefficient (Wildman–Crippen LogP) is 1.98. The molecule has 1 aromatic carbocycles. The van der Waals surface area contributed by atoms with Gasteiger partial charge in [0.25, 0.3) is 5.91 Å². The third-order valence-corrected chi connectivity index (χ3v) is 3.27. The summed E-state index contributed by atoms with van der Waals surface area (Å²) in [5.41, 5.74) is 1.23. The first-order valence-corrected chi connectivity index (χ1v) is 6.47. The van der Waals surface area contributed by atoms with Crippen molar-refractivity contribution in [1.82, 2.24) is 5.32 Å². The van der Waals surface area contributed by atoms with Crippen LogP contribution in [-0.4, -0.2) is 24.9 Å². The monoisotopic (exact) mass is 258 g/mol. The van der Waals surface area contributed by atoms with E-state index in [2.05, 4.69) is 11.9 Å². The van der Waals surface area contributed by atoms with Crippen molar-refractivity contribution in [2.24, 2.45) is 5.92 Å². The Kier molecular flexibility index (Phi) is 4.00. The maximum atomic E-state index is 12.0. The topological polar surface area (TPSA) is 49.4 Å². The minimum Gasteiger partial charge on any atom is -0.352 e.